The zero-order valence-corrected chi connectivity index (χ0v) is 9.89. The smallest absolute Gasteiger partial charge is 0.321 e. The number of imide groups is 1. The number of carbonyl (C=O) groups is 2. The average molecular weight is 212 g/mol. The van der Waals surface area contributed by atoms with Crippen LogP contribution in [-0.4, -0.2) is 18.5 Å². The van der Waals surface area contributed by atoms with Gasteiger partial charge < -0.3 is 5.32 Å². The number of hydrogen-bond donors (Lipinski definition) is 2. The summed E-state index contributed by atoms with van der Waals surface area (Å²) in [5, 5.41) is 4.88. The minimum Gasteiger partial charge on any atom is -0.338 e. The first-order valence-electron chi connectivity index (χ1n) is 5.17. The molecule has 0 heterocycles. The van der Waals surface area contributed by atoms with E-state index in [0.717, 1.165) is 6.42 Å². The van der Waals surface area contributed by atoms with E-state index < -0.39 is 11.4 Å². The first-order valence-corrected chi connectivity index (χ1v) is 5.17. The molecule has 0 aliphatic rings. The van der Waals surface area contributed by atoms with Crippen LogP contribution in [0.2, 0.25) is 0 Å². The Morgan fingerprint density at radius 3 is 2.40 bits per heavy atom. The summed E-state index contributed by atoms with van der Waals surface area (Å²) < 4.78 is 0. The van der Waals surface area contributed by atoms with Gasteiger partial charge in [-0.2, -0.15) is 0 Å². The fraction of sp³-hybridized carbons (Fsp3) is 0.636. The van der Waals surface area contributed by atoms with Gasteiger partial charge in [0.25, 0.3) is 0 Å². The van der Waals surface area contributed by atoms with Crippen LogP contribution in [0.15, 0.2) is 12.2 Å². The van der Waals surface area contributed by atoms with Gasteiger partial charge in [0.05, 0.1) is 5.41 Å². The maximum absolute atomic E-state index is 11.6. The second-order valence-electron chi connectivity index (χ2n) is 3.93. The molecule has 0 fully saturated rings. The van der Waals surface area contributed by atoms with Gasteiger partial charge in [-0.1, -0.05) is 19.1 Å². The molecule has 4 heteroatoms. The lowest BCUT2D eigenvalue weighted by atomic mass is 9.92. The third-order valence-electron chi connectivity index (χ3n) is 1.93. The third-order valence-corrected chi connectivity index (χ3v) is 1.93. The molecule has 0 saturated heterocycles. The van der Waals surface area contributed by atoms with Crippen LogP contribution in [0.5, 0.6) is 0 Å². The Hall–Kier alpha value is -1.32. The summed E-state index contributed by atoms with van der Waals surface area (Å²) in [4.78, 5) is 22.8. The van der Waals surface area contributed by atoms with Gasteiger partial charge in [0.2, 0.25) is 5.91 Å². The molecule has 4 nitrogen and oxygen atoms in total. The van der Waals surface area contributed by atoms with Crippen molar-refractivity contribution in [3.05, 3.63) is 12.2 Å². The van der Waals surface area contributed by atoms with E-state index in [2.05, 4.69) is 10.6 Å². The molecule has 0 aromatic heterocycles. The van der Waals surface area contributed by atoms with E-state index >= 15 is 0 Å². The van der Waals surface area contributed by atoms with Crippen LogP contribution in [0.3, 0.4) is 0 Å². The first kappa shape index (κ1) is 13.7. The van der Waals surface area contributed by atoms with Crippen molar-refractivity contribution >= 4 is 11.9 Å². The molecule has 0 bridgehead atoms. The molecule has 0 rings (SSSR count). The SMILES string of the molecule is C/C=C/C(C)(C)C(=O)NC(=O)NCCC. The van der Waals surface area contributed by atoms with Crippen molar-refractivity contribution in [3.63, 3.8) is 0 Å². The van der Waals surface area contributed by atoms with Crippen molar-refractivity contribution in [1.29, 1.82) is 0 Å². The lowest BCUT2D eigenvalue weighted by molar-refractivity contribution is -0.125. The van der Waals surface area contributed by atoms with Gasteiger partial charge in [0.15, 0.2) is 0 Å². The molecule has 0 spiro atoms. The largest absolute Gasteiger partial charge is 0.338 e. The van der Waals surface area contributed by atoms with E-state index in [1.54, 1.807) is 26.0 Å². The maximum atomic E-state index is 11.6. The Morgan fingerprint density at radius 1 is 1.33 bits per heavy atom. The highest BCUT2D eigenvalue weighted by atomic mass is 16.2. The number of carbonyl (C=O) groups excluding carboxylic acids is 2. The molecule has 3 amide bonds. The van der Waals surface area contributed by atoms with Crippen LogP contribution < -0.4 is 10.6 Å². The van der Waals surface area contributed by atoms with Crippen LogP contribution >= 0.6 is 0 Å². The normalized spacial score (nSPS) is 11.5. The van der Waals surface area contributed by atoms with E-state index in [9.17, 15) is 9.59 Å². The molecule has 2 N–H and O–H groups in total. The first-order chi connectivity index (χ1) is 6.94. The molecule has 0 radical (unpaired) electrons. The predicted molar refractivity (Wildman–Crippen MR) is 60.4 cm³/mol. The molecule has 15 heavy (non-hydrogen) atoms. The van der Waals surface area contributed by atoms with Crippen molar-refractivity contribution in [1.82, 2.24) is 10.6 Å². The predicted octanol–water partition coefficient (Wildman–Crippen LogP) is 1.82. The van der Waals surface area contributed by atoms with Crippen LogP contribution in [0.25, 0.3) is 0 Å². The van der Waals surface area contributed by atoms with E-state index in [-0.39, 0.29) is 5.91 Å². The standard InChI is InChI=1S/C11H20N2O2/c1-5-7-11(3,4)9(14)13-10(15)12-8-6-2/h5,7H,6,8H2,1-4H3,(H2,12,13,14,15)/b7-5+. The Balaban J connectivity index is 4.18. The lowest BCUT2D eigenvalue weighted by Crippen LogP contribution is -2.45. The molecule has 0 aliphatic heterocycles. The van der Waals surface area contributed by atoms with E-state index in [1.165, 1.54) is 0 Å². The minimum absolute atomic E-state index is 0.297. The average Bonchev–Trinajstić information content (AvgIpc) is 2.14. The highest BCUT2D eigenvalue weighted by molar-refractivity contribution is 5.97. The molecule has 0 aromatic rings. The second kappa shape index (κ2) is 6.22. The number of amides is 3. The molecule has 0 aliphatic carbocycles. The number of hydrogen-bond acceptors (Lipinski definition) is 2. The van der Waals surface area contributed by atoms with Crippen LogP contribution in [0, 0.1) is 5.41 Å². The molecule has 0 aromatic carbocycles. The monoisotopic (exact) mass is 212 g/mol. The second-order valence-corrected chi connectivity index (χ2v) is 3.93. The lowest BCUT2D eigenvalue weighted by Gasteiger charge is -2.18. The topological polar surface area (TPSA) is 58.2 Å². The van der Waals surface area contributed by atoms with Gasteiger partial charge in [-0.15, -0.1) is 0 Å². The Bertz CT molecular complexity index is 257. The summed E-state index contributed by atoms with van der Waals surface area (Å²) in [6, 6.07) is -0.431. The zero-order chi connectivity index (χ0) is 11.9. The Morgan fingerprint density at radius 2 is 1.93 bits per heavy atom. The number of rotatable bonds is 4. The van der Waals surface area contributed by atoms with E-state index in [0.29, 0.717) is 6.54 Å². The fourth-order valence-electron chi connectivity index (χ4n) is 1.04. The third kappa shape index (κ3) is 5.20. The zero-order valence-electron chi connectivity index (χ0n) is 9.89. The number of urea groups is 1. The number of allylic oxidation sites excluding steroid dienone is 1. The highest BCUT2D eigenvalue weighted by Gasteiger charge is 2.25. The summed E-state index contributed by atoms with van der Waals surface area (Å²) in [5.74, 6) is -0.297. The summed E-state index contributed by atoms with van der Waals surface area (Å²) in [6.45, 7) is 7.88. The summed E-state index contributed by atoms with van der Waals surface area (Å²) in [6.07, 6.45) is 4.40. The molecule has 0 saturated carbocycles. The van der Waals surface area contributed by atoms with Gasteiger partial charge >= 0.3 is 6.03 Å². The van der Waals surface area contributed by atoms with Crippen molar-refractivity contribution in [2.24, 2.45) is 5.41 Å². The molecular formula is C11H20N2O2. The van der Waals surface area contributed by atoms with Crippen LogP contribution in [-0.2, 0) is 4.79 Å². The quantitative estimate of drug-likeness (QED) is 0.698. The number of nitrogens with one attached hydrogen (secondary N) is 2. The molecule has 0 atom stereocenters. The molecular weight excluding hydrogens is 192 g/mol. The van der Waals surface area contributed by atoms with Gasteiger partial charge in [0.1, 0.15) is 0 Å². The minimum atomic E-state index is -0.654. The van der Waals surface area contributed by atoms with Crippen molar-refractivity contribution in [3.8, 4) is 0 Å². The van der Waals surface area contributed by atoms with E-state index in [4.69, 9.17) is 0 Å². The van der Waals surface area contributed by atoms with E-state index in [1.807, 2.05) is 13.8 Å². The molecule has 0 unspecified atom stereocenters. The van der Waals surface area contributed by atoms with Crippen molar-refractivity contribution in [2.75, 3.05) is 6.54 Å². The van der Waals surface area contributed by atoms with Gasteiger partial charge in [-0.05, 0) is 27.2 Å². The Kier molecular flexibility index (Phi) is 5.67. The van der Waals surface area contributed by atoms with Gasteiger partial charge in [0, 0.05) is 6.54 Å². The van der Waals surface area contributed by atoms with Crippen molar-refractivity contribution in [2.45, 2.75) is 34.1 Å². The summed E-state index contributed by atoms with van der Waals surface area (Å²) in [7, 11) is 0. The Labute approximate surface area is 91.1 Å². The van der Waals surface area contributed by atoms with Gasteiger partial charge in [-0.3, -0.25) is 10.1 Å². The van der Waals surface area contributed by atoms with Gasteiger partial charge in [-0.25, -0.2) is 4.79 Å². The van der Waals surface area contributed by atoms with Crippen LogP contribution in [0.1, 0.15) is 34.1 Å². The highest BCUT2D eigenvalue weighted by Crippen LogP contribution is 2.16. The van der Waals surface area contributed by atoms with Crippen molar-refractivity contribution < 1.29 is 9.59 Å². The molecule has 86 valence electrons. The fourth-order valence-corrected chi connectivity index (χ4v) is 1.04. The summed E-state index contributed by atoms with van der Waals surface area (Å²) in [5.41, 5.74) is -0.654. The summed E-state index contributed by atoms with van der Waals surface area (Å²) >= 11 is 0. The van der Waals surface area contributed by atoms with Crippen LogP contribution in [0.4, 0.5) is 4.79 Å². The maximum Gasteiger partial charge on any atom is 0.321 e.